The topological polar surface area (TPSA) is 44.7 Å². The Morgan fingerprint density at radius 2 is 2.08 bits per heavy atom. The largest absolute Gasteiger partial charge is 0.508 e. The van der Waals surface area contributed by atoms with Crippen LogP contribution < -0.4 is 5.32 Å². The maximum atomic E-state index is 10.2. The SMILES string of the molecule is Cc1ccc(C)c(NC(=S)N(Cc2ccccc2O)C[C@@H]2CCCO2)c1. The van der Waals surface area contributed by atoms with Gasteiger partial charge in [0, 0.05) is 30.9 Å². The number of hydrogen-bond acceptors (Lipinski definition) is 3. The van der Waals surface area contributed by atoms with Crippen molar-refractivity contribution in [3.8, 4) is 5.75 Å². The van der Waals surface area contributed by atoms with Gasteiger partial charge in [0.1, 0.15) is 5.75 Å². The summed E-state index contributed by atoms with van der Waals surface area (Å²) in [4.78, 5) is 2.09. The minimum absolute atomic E-state index is 0.180. The van der Waals surface area contributed by atoms with Crippen LogP contribution in [0.5, 0.6) is 5.75 Å². The van der Waals surface area contributed by atoms with Gasteiger partial charge in [0.25, 0.3) is 0 Å². The second-order valence-electron chi connectivity index (χ2n) is 6.89. The number of phenols is 1. The fourth-order valence-electron chi connectivity index (χ4n) is 3.17. The van der Waals surface area contributed by atoms with Crippen LogP contribution in [-0.4, -0.2) is 34.4 Å². The zero-order valence-corrected chi connectivity index (χ0v) is 16.2. The van der Waals surface area contributed by atoms with Crippen LogP contribution in [0.4, 0.5) is 5.69 Å². The molecule has 1 saturated heterocycles. The highest BCUT2D eigenvalue weighted by atomic mass is 32.1. The Labute approximate surface area is 160 Å². The number of nitrogens with zero attached hydrogens (tertiary/aromatic N) is 1. The summed E-state index contributed by atoms with van der Waals surface area (Å²) in [5.41, 5.74) is 4.21. The van der Waals surface area contributed by atoms with Crippen LogP contribution >= 0.6 is 12.2 Å². The summed E-state index contributed by atoms with van der Waals surface area (Å²) in [6, 6.07) is 13.7. The lowest BCUT2D eigenvalue weighted by Gasteiger charge is -2.29. The van der Waals surface area contributed by atoms with Crippen LogP contribution in [0.15, 0.2) is 42.5 Å². The molecule has 0 radical (unpaired) electrons. The van der Waals surface area contributed by atoms with Gasteiger partial charge < -0.3 is 20.1 Å². The van der Waals surface area contributed by atoms with Gasteiger partial charge in [-0.1, -0.05) is 30.3 Å². The molecular weight excluding hydrogens is 344 g/mol. The molecule has 26 heavy (non-hydrogen) atoms. The van der Waals surface area contributed by atoms with Crippen molar-refractivity contribution in [2.24, 2.45) is 0 Å². The normalized spacial score (nSPS) is 16.5. The Morgan fingerprint density at radius 1 is 1.27 bits per heavy atom. The quantitative estimate of drug-likeness (QED) is 0.765. The Kier molecular flexibility index (Phi) is 6.12. The van der Waals surface area contributed by atoms with Gasteiger partial charge in [-0.2, -0.15) is 0 Å². The molecule has 138 valence electrons. The maximum absolute atomic E-state index is 10.2. The second-order valence-corrected chi connectivity index (χ2v) is 7.28. The molecule has 2 aromatic carbocycles. The van der Waals surface area contributed by atoms with E-state index >= 15 is 0 Å². The van der Waals surface area contributed by atoms with Crippen LogP contribution in [0, 0.1) is 13.8 Å². The number of benzene rings is 2. The second kappa shape index (κ2) is 8.52. The highest BCUT2D eigenvalue weighted by molar-refractivity contribution is 7.80. The van der Waals surface area contributed by atoms with E-state index in [0.717, 1.165) is 36.3 Å². The first-order valence-electron chi connectivity index (χ1n) is 9.04. The van der Waals surface area contributed by atoms with Crippen molar-refractivity contribution in [1.29, 1.82) is 0 Å². The number of anilines is 1. The Hall–Kier alpha value is -2.11. The molecule has 1 fully saturated rings. The summed E-state index contributed by atoms with van der Waals surface area (Å²) in [5.74, 6) is 0.291. The lowest BCUT2D eigenvalue weighted by Crippen LogP contribution is -2.39. The highest BCUT2D eigenvalue weighted by Crippen LogP contribution is 2.22. The first-order chi connectivity index (χ1) is 12.5. The van der Waals surface area contributed by atoms with Gasteiger partial charge in [0.05, 0.1) is 6.10 Å². The van der Waals surface area contributed by atoms with Crippen molar-refractivity contribution in [3.63, 3.8) is 0 Å². The first-order valence-corrected chi connectivity index (χ1v) is 9.45. The van der Waals surface area contributed by atoms with E-state index in [1.165, 1.54) is 5.56 Å². The summed E-state index contributed by atoms with van der Waals surface area (Å²) in [7, 11) is 0. The molecule has 1 heterocycles. The molecule has 0 aromatic heterocycles. The Bertz CT molecular complexity index is 772. The molecule has 1 atom stereocenters. The molecule has 0 saturated carbocycles. The summed E-state index contributed by atoms with van der Waals surface area (Å²) in [6.45, 7) is 6.21. The van der Waals surface area contributed by atoms with Crippen molar-refractivity contribution < 1.29 is 9.84 Å². The van der Waals surface area contributed by atoms with E-state index in [4.69, 9.17) is 17.0 Å². The fraction of sp³-hybridized carbons (Fsp3) is 0.381. The zero-order valence-electron chi connectivity index (χ0n) is 15.4. The predicted molar refractivity (Wildman–Crippen MR) is 110 cm³/mol. The predicted octanol–water partition coefficient (Wildman–Crippen LogP) is 4.39. The van der Waals surface area contributed by atoms with Crippen molar-refractivity contribution in [2.75, 3.05) is 18.5 Å². The third-order valence-corrected chi connectivity index (χ3v) is 5.08. The standard InChI is InChI=1S/C21H26N2O2S/c1-15-9-10-16(2)19(12-15)22-21(26)23(14-18-7-5-11-25-18)13-17-6-3-4-8-20(17)24/h3-4,6,8-10,12,18,24H,5,7,11,13-14H2,1-2H3,(H,22,26)/t18-/m0/s1. The maximum Gasteiger partial charge on any atom is 0.173 e. The molecule has 0 spiro atoms. The number of hydrogen-bond donors (Lipinski definition) is 2. The fourth-order valence-corrected chi connectivity index (χ4v) is 3.42. The molecule has 0 aliphatic carbocycles. The summed E-state index contributed by atoms with van der Waals surface area (Å²) >= 11 is 5.72. The first kappa shape index (κ1) is 18.7. The van der Waals surface area contributed by atoms with Gasteiger partial charge in [-0.05, 0) is 62.2 Å². The molecule has 0 unspecified atom stereocenters. The van der Waals surface area contributed by atoms with E-state index < -0.39 is 0 Å². The van der Waals surface area contributed by atoms with Gasteiger partial charge in [-0.15, -0.1) is 0 Å². The van der Waals surface area contributed by atoms with Crippen molar-refractivity contribution in [2.45, 2.75) is 39.3 Å². The van der Waals surface area contributed by atoms with E-state index in [-0.39, 0.29) is 6.10 Å². The summed E-state index contributed by atoms with van der Waals surface area (Å²) in [5, 5.41) is 14.2. The van der Waals surface area contributed by atoms with Crippen LogP contribution in [0.25, 0.3) is 0 Å². The van der Waals surface area contributed by atoms with Gasteiger partial charge in [0.2, 0.25) is 0 Å². The lowest BCUT2D eigenvalue weighted by molar-refractivity contribution is 0.0903. The molecule has 0 amide bonds. The lowest BCUT2D eigenvalue weighted by atomic mass is 10.1. The minimum atomic E-state index is 0.180. The minimum Gasteiger partial charge on any atom is -0.508 e. The third kappa shape index (κ3) is 4.74. The van der Waals surface area contributed by atoms with E-state index in [0.29, 0.717) is 24.0 Å². The molecule has 3 rings (SSSR count). The van der Waals surface area contributed by atoms with Crippen LogP contribution in [0.1, 0.15) is 29.5 Å². The number of aromatic hydroxyl groups is 1. The molecule has 5 heteroatoms. The van der Waals surface area contributed by atoms with Crippen molar-refractivity contribution >= 4 is 23.0 Å². The Morgan fingerprint density at radius 3 is 2.81 bits per heavy atom. The Balaban J connectivity index is 1.78. The van der Waals surface area contributed by atoms with Gasteiger partial charge in [-0.25, -0.2) is 0 Å². The van der Waals surface area contributed by atoms with Crippen molar-refractivity contribution in [3.05, 3.63) is 59.2 Å². The summed E-state index contributed by atoms with van der Waals surface area (Å²) < 4.78 is 5.80. The smallest absolute Gasteiger partial charge is 0.173 e. The molecule has 2 N–H and O–H groups in total. The number of phenolic OH excluding ortho intramolecular Hbond substituents is 1. The number of thiocarbonyl (C=S) groups is 1. The molecule has 4 nitrogen and oxygen atoms in total. The molecule has 2 aromatic rings. The van der Waals surface area contributed by atoms with Crippen molar-refractivity contribution in [1.82, 2.24) is 4.90 Å². The number of aryl methyl sites for hydroxylation is 2. The molecule has 1 aliphatic rings. The average Bonchev–Trinajstić information content (AvgIpc) is 3.12. The number of ether oxygens (including phenoxy) is 1. The number of nitrogens with one attached hydrogen (secondary N) is 1. The molecule has 0 bridgehead atoms. The third-order valence-electron chi connectivity index (χ3n) is 4.72. The molecule has 1 aliphatic heterocycles. The number of para-hydroxylation sites is 1. The monoisotopic (exact) mass is 370 g/mol. The van der Waals surface area contributed by atoms with E-state index in [9.17, 15) is 5.11 Å². The zero-order chi connectivity index (χ0) is 18.5. The van der Waals surface area contributed by atoms with E-state index in [2.05, 4.69) is 42.3 Å². The van der Waals surface area contributed by atoms with Crippen LogP contribution in [0.2, 0.25) is 0 Å². The van der Waals surface area contributed by atoms with Crippen LogP contribution in [-0.2, 0) is 11.3 Å². The van der Waals surface area contributed by atoms with Gasteiger partial charge in [-0.3, -0.25) is 0 Å². The highest BCUT2D eigenvalue weighted by Gasteiger charge is 2.22. The van der Waals surface area contributed by atoms with Gasteiger partial charge in [0.15, 0.2) is 5.11 Å². The van der Waals surface area contributed by atoms with Crippen LogP contribution in [0.3, 0.4) is 0 Å². The number of rotatable bonds is 5. The van der Waals surface area contributed by atoms with E-state index in [1.807, 2.05) is 18.2 Å². The van der Waals surface area contributed by atoms with E-state index in [1.54, 1.807) is 6.07 Å². The summed E-state index contributed by atoms with van der Waals surface area (Å²) in [6.07, 6.45) is 2.31. The average molecular weight is 371 g/mol. The molecular formula is C21H26N2O2S. The van der Waals surface area contributed by atoms with Gasteiger partial charge >= 0.3 is 0 Å².